The topological polar surface area (TPSA) is 64.1 Å². The zero-order valence-corrected chi connectivity index (χ0v) is 46.0. The van der Waals surface area contributed by atoms with Gasteiger partial charge in [0.15, 0.2) is 0 Å². The van der Waals surface area contributed by atoms with E-state index in [1.165, 1.54) is 5.56 Å². The second-order valence-corrected chi connectivity index (χ2v) is 25.9. The minimum Gasteiger partial charge on any atom is -0.507 e. The molecule has 1 aliphatic carbocycles. The van der Waals surface area contributed by atoms with Gasteiger partial charge in [-0.05, 0) is 153 Å². The standard InChI is InChI=1S/C68H75N3O2/c1-41-30-44(47-37-67(12,13)40-68(14,15)38-47)31-42(2)59(41)54-39-73-63-52(54)28-29-56(69-63)46-32-45(33-48(34-46)64(3,4)5)51-25-21-27-58-60(51)70-62(53-35-49(65(6,7)8)36-55(61(53)72)66(9,10)11)71(58)57-26-20-19-24-50(57)43-22-17-16-18-23-43/h16-36,39,47,72H,37-38,40H2,1-15H3/i47D. The highest BCUT2D eigenvalue weighted by Crippen LogP contribution is 2.53. The molecule has 0 bridgehead atoms. The molecule has 374 valence electrons. The highest BCUT2D eigenvalue weighted by Gasteiger charge is 2.39. The summed E-state index contributed by atoms with van der Waals surface area (Å²) in [5.41, 5.74) is 18.3. The van der Waals surface area contributed by atoms with Crippen molar-refractivity contribution in [1.82, 2.24) is 14.5 Å². The van der Waals surface area contributed by atoms with E-state index in [-0.39, 0.29) is 32.8 Å². The highest BCUT2D eigenvalue weighted by atomic mass is 16.3. The van der Waals surface area contributed by atoms with Gasteiger partial charge in [0.2, 0.25) is 5.71 Å². The van der Waals surface area contributed by atoms with Crippen molar-refractivity contribution in [3.05, 3.63) is 167 Å². The van der Waals surface area contributed by atoms with Crippen molar-refractivity contribution < 1.29 is 10.9 Å². The molecule has 1 aliphatic rings. The van der Waals surface area contributed by atoms with Gasteiger partial charge in [-0.1, -0.05) is 175 Å². The molecule has 0 unspecified atom stereocenters. The first-order valence-corrected chi connectivity index (χ1v) is 26.3. The smallest absolute Gasteiger partial charge is 0.227 e. The van der Waals surface area contributed by atoms with E-state index in [0.29, 0.717) is 17.1 Å². The van der Waals surface area contributed by atoms with Crippen molar-refractivity contribution >= 4 is 22.1 Å². The fourth-order valence-electron chi connectivity index (χ4n) is 12.2. The summed E-state index contributed by atoms with van der Waals surface area (Å²) in [4.78, 5) is 10.9. The van der Waals surface area contributed by atoms with Crippen LogP contribution in [-0.2, 0) is 16.2 Å². The molecule has 0 spiro atoms. The number of aromatic nitrogens is 3. The van der Waals surface area contributed by atoms with Crippen molar-refractivity contribution in [3.63, 3.8) is 0 Å². The van der Waals surface area contributed by atoms with Gasteiger partial charge in [-0.3, -0.25) is 4.57 Å². The first kappa shape index (κ1) is 48.5. The van der Waals surface area contributed by atoms with E-state index in [2.05, 4.69) is 230 Å². The summed E-state index contributed by atoms with van der Waals surface area (Å²) in [5.74, 6) is 0.281. The molecule has 0 atom stereocenters. The van der Waals surface area contributed by atoms with Crippen LogP contribution in [0, 0.1) is 24.7 Å². The number of phenols is 1. The Morgan fingerprint density at radius 1 is 0.603 bits per heavy atom. The van der Waals surface area contributed by atoms with E-state index in [9.17, 15) is 6.48 Å². The summed E-state index contributed by atoms with van der Waals surface area (Å²) in [7, 11) is 0. The lowest BCUT2D eigenvalue weighted by atomic mass is 9.60. The average molecular weight is 967 g/mol. The van der Waals surface area contributed by atoms with Crippen LogP contribution in [-0.4, -0.2) is 19.6 Å². The fourth-order valence-corrected chi connectivity index (χ4v) is 12.2. The Kier molecular flexibility index (Phi) is 11.8. The summed E-state index contributed by atoms with van der Waals surface area (Å²) in [6.45, 7) is 33.6. The third-order valence-corrected chi connectivity index (χ3v) is 15.3. The first-order chi connectivity index (χ1) is 34.6. The molecule has 0 radical (unpaired) electrons. The summed E-state index contributed by atoms with van der Waals surface area (Å²) < 4.78 is 18.5. The molecule has 73 heavy (non-hydrogen) atoms. The number of pyridine rings is 1. The molecule has 3 aromatic heterocycles. The number of phenolic OH excluding ortho intramolecular Hbond substituents is 1. The number of hydrogen-bond donors (Lipinski definition) is 1. The molecular weight excluding hydrogens is 891 g/mol. The Labute approximate surface area is 436 Å². The molecule has 0 amide bonds. The van der Waals surface area contributed by atoms with Crippen LogP contribution in [0.4, 0.5) is 0 Å². The van der Waals surface area contributed by atoms with Crippen molar-refractivity contribution in [3.8, 4) is 67.5 Å². The third-order valence-electron chi connectivity index (χ3n) is 15.3. The normalized spacial score (nSPS) is 16.0. The minimum absolute atomic E-state index is 0.0946. The van der Waals surface area contributed by atoms with Gasteiger partial charge in [0, 0.05) is 34.6 Å². The number of para-hydroxylation sites is 2. The fraction of sp³-hybridized carbons (Fsp3) is 0.353. The number of hydrogen-bond acceptors (Lipinski definition) is 4. The molecule has 0 aliphatic heterocycles. The van der Waals surface area contributed by atoms with E-state index in [1.54, 1.807) is 0 Å². The third kappa shape index (κ3) is 9.45. The van der Waals surface area contributed by atoms with Gasteiger partial charge < -0.3 is 9.52 Å². The summed E-state index contributed by atoms with van der Waals surface area (Å²) in [6.07, 6.45) is 4.68. The number of nitrogens with zero attached hydrogens (tertiary/aromatic N) is 3. The van der Waals surface area contributed by atoms with Gasteiger partial charge in [0.1, 0.15) is 17.8 Å². The number of imidazole rings is 1. The van der Waals surface area contributed by atoms with Crippen LogP contribution in [0.15, 0.2) is 138 Å². The maximum atomic E-state index is 12.5. The number of benzene rings is 6. The Balaban J connectivity index is 1.14. The molecule has 10 rings (SSSR count). The second kappa shape index (κ2) is 17.7. The van der Waals surface area contributed by atoms with Gasteiger partial charge >= 0.3 is 0 Å². The van der Waals surface area contributed by atoms with Crippen molar-refractivity contribution in [1.29, 1.82) is 0 Å². The first-order valence-electron chi connectivity index (χ1n) is 26.8. The number of aryl methyl sites for hydroxylation is 2. The maximum Gasteiger partial charge on any atom is 0.227 e. The van der Waals surface area contributed by atoms with Gasteiger partial charge in [-0.15, -0.1) is 0 Å². The predicted octanol–water partition coefficient (Wildman–Crippen LogP) is 19.0. The van der Waals surface area contributed by atoms with Crippen molar-refractivity contribution in [2.24, 2.45) is 10.8 Å². The molecule has 5 nitrogen and oxygen atoms in total. The minimum atomic E-state index is -0.645. The van der Waals surface area contributed by atoms with E-state index >= 15 is 0 Å². The van der Waals surface area contributed by atoms with Crippen LogP contribution in [0.25, 0.3) is 83.8 Å². The lowest BCUT2D eigenvalue weighted by Gasteiger charge is -2.45. The van der Waals surface area contributed by atoms with Crippen LogP contribution in [0.1, 0.15) is 150 Å². The van der Waals surface area contributed by atoms with Gasteiger partial charge in [0.05, 0.1) is 28.0 Å². The summed E-state index contributed by atoms with van der Waals surface area (Å²) >= 11 is 0. The maximum absolute atomic E-state index is 12.5. The van der Waals surface area contributed by atoms with Crippen LogP contribution in [0.5, 0.6) is 5.75 Å². The summed E-state index contributed by atoms with van der Waals surface area (Å²) in [5, 5.41) is 13.5. The van der Waals surface area contributed by atoms with Crippen LogP contribution >= 0.6 is 0 Å². The zero-order chi connectivity index (χ0) is 53.1. The molecular formula is C68H75N3O2. The van der Waals surface area contributed by atoms with Crippen molar-refractivity contribution in [2.45, 2.75) is 145 Å². The molecule has 0 saturated heterocycles. The quantitative estimate of drug-likeness (QED) is 0.173. The van der Waals surface area contributed by atoms with Gasteiger partial charge in [-0.25, -0.2) is 9.97 Å². The summed E-state index contributed by atoms with van der Waals surface area (Å²) in [6, 6.07) is 45.4. The number of fused-ring (bicyclic) bond motifs is 2. The predicted molar refractivity (Wildman–Crippen MR) is 307 cm³/mol. The van der Waals surface area contributed by atoms with Crippen LogP contribution < -0.4 is 0 Å². The Hall–Kier alpha value is -6.72. The average Bonchev–Trinajstić information content (AvgIpc) is 3.91. The Bertz CT molecular complexity index is 3600. The highest BCUT2D eigenvalue weighted by molar-refractivity contribution is 5.99. The molecule has 1 N–H and O–H groups in total. The lowest BCUT2D eigenvalue weighted by molar-refractivity contribution is 0.0969. The largest absolute Gasteiger partial charge is 0.507 e. The van der Waals surface area contributed by atoms with E-state index in [4.69, 9.17) is 14.4 Å². The number of aromatic hydroxyl groups is 1. The number of rotatable bonds is 7. The van der Waals surface area contributed by atoms with Crippen LogP contribution in [0.3, 0.4) is 0 Å². The number of furan rings is 1. The second-order valence-electron chi connectivity index (χ2n) is 25.9. The van der Waals surface area contributed by atoms with Crippen LogP contribution in [0.2, 0.25) is 0 Å². The monoisotopic (exact) mass is 967 g/mol. The lowest BCUT2D eigenvalue weighted by Crippen LogP contribution is -2.32. The molecule has 1 saturated carbocycles. The van der Waals surface area contributed by atoms with Crippen molar-refractivity contribution in [2.75, 3.05) is 0 Å². The zero-order valence-electron chi connectivity index (χ0n) is 47.0. The molecule has 1 fully saturated rings. The van der Waals surface area contributed by atoms with E-state index in [0.717, 1.165) is 114 Å². The Morgan fingerprint density at radius 3 is 1.88 bits per heavy atom. The molecule has 6 aromatic carbocycles. The molecule has 9 aromatic rings. The van der Waals surface area contributed by atoms with Gasteiger partial charge in [-0.2, -0.15) is 0 Å². The molecule has 5 heteroatoms. The Morgan fingerprint density at radius 2 is 1.22 bits per heavy atom. The SMILES string of the molecule is [2H]C1(c2cc(C)c(-c3coc4nc(-c5cc(-c6cccc7c6nc(-c6cc(C(C)(C)C)cc(C(C)(C)C)c6O)n7-c6ccccc6-c6ccccc6)cc(C(C)(C)C)c5)ccc34)c(C)c2)CC(C)(C)CC(C)(C)C1. The van der Waals surface area contributed by atoms with Gasteiger partial charge in [0.25, 0.3) is 0 Å². The van der Waals surface area contributed by atoms with E-state index in [1.807, 2.05) is 12.3 Å². The molecule has 3 heterocycles. The van der Waals surface area contributed by atoms with E-state index < -0.39 is 5.89 Å².